The number of aldehydes is 1. The van der Waals surface area contributed by atoms with E-state index in [9.17, 15) is 9.59 Å². The number of rotatable bonds is 5. The summed E-state index contributed by atoms with van der Waals surface area (Å²) in [6.07, 6.45) is 0.772. The zero-order valence-corrected chi connectivity index (χ0v) is 13.2. The van der Waals surface area contributed by atoms with E-state index in [1.807, 2.05) is 0 Å². The molecule has 7 heteroatoms. The van der Waals surface area contributed by atoms with Crippen molar-refractivity contribution in [3.63, 3.8) is 0 Å². The van der Waals surface area contributed by atoms with Crippen LogP contribution in [0.1, 0.15) is 10.4 Å². The predicted octanol–water partition coefficient (Wildman–Crippen LogP) is 2.43. The summed E-state index contributed by atoms with van der Waals surface area (Å²) in [4.78, 5) is 23.7. The lowest BCUT2D eigenvalue weighted by Crippen LogP contribution is -2.31. The fourth-order valence-corrected chi connectivity index (χ4v) is 3.22. The molecule has 0 radical (unpaired) electrons. The molecule has 1 aliphatic heterocycles. The molecule has 2 rings (SSSR count). The first-order chi connectivity index (χ1) is 9.11. The van der Waals surface area contributed by atoms with Crippen LogP contribution in [0.5, 0.6) is 5.75 Å². The van der Waals surface area contributed by atoms with E-state index in [1.54, 1.807) is 17.0 Å². The first-order valence-electron chi connectivity index (χ1n) is 5.71. The number of carbonyl (C=O) groups is 2. The summed E-state index contributed by atoms with van der Waals surface area (Å²) in [5.41, 5.74) is 0.560. The first-order valence-corrected chi connectivity index (χ1v) is 7.30. The van der Waals surface area contributed by atoms with Crippen LogP contribution in [0.25, 0.3) is 0 Å². The zero-order valence-electron chi connectivity index (χ0n) is 9.99. The highest BCUT2D eigenvalue weighted by molar-refractivity contribution is 9.11. The second-order valence-corrected chi connectivity index (χ2v) is 5.71. The molecule has 19 heavy (non-hydrogen) atoms. The predicted molar refractivity (Wildman–Crippen MR) is 77.7 cm³/mol. The molecule has 0 spiro atoms. The summed E-state index contributed by atoms with van der Waals surface area (Å²) in [7, 11) is 0. The van der Waals surface area contributed by atoms with Crippen molar-refractivity contribution in [2.24, 2.45) is 0 Å². The van der Waals surface area contributed by atoms with E-state index in [4.69, 9.17) is 4.74 Å². The Hall–Kier alpha value is -1.08. The highest BCUT2D eigenvalue weighted by Gasteiger charge is 2.19. The molecule has 1 N–H and O–H groups in total. The second kappa shape index (κ2) is 6.38. The van der Waals surface area contributed by atoms with E-state index in [-0.39, 0.29) is 6.03 Å². The van der Waals surface area contributed by atoms with Gasteiger partial charge in [0.25, 0.3) is 0 Å². The minimum absolute atomic E-state index is 0.0574. The lowest BCUT2D eigenvalue weighted by molar-refractivity contribution is 0.112. The molecule has 1 aliphatic rings. The molecule has 1 aromatic rings. The highest BCUT2D eigenvalue weighted by Crippen LogP contribution is 2.34. The van der Waals surface area contributed by atoms with E-state index in [2.05, 4.69) is 37.2 Å². The van der Waals surface area contributed by atoms with Gasteiger partial charge < -0.3 is 15.0 Å². The Bertz CT molecular complexity index is 485. The number of urea groups is 1. The Morgan fingerprint density at radius 2 is 2.05 bits per heavy atom. The number of carbonyl (C=O) groups excluding carboxylic acids is 2. The molecule has 0 bridgehead atoms. The molecule has 2 amide bonds. The standard InChI is InChI=1S/C12H12Br2N2O3/c13-9-5-8(7-17)6-10(14)11(9)19-4-3-16-2-1-15-12(16)18/h5-7H,1-4H2,(H,15,18). The van der Waals surface area contributed by atoms with Gasteiger partial charge in [-0.25, -0.2) is 4.79 Å². The van der Waals surface area contributed by atoms with Gasteiger partial charge in [0, 0.05) is 18.7 Å². The van der Waals surface area contributed by atoms with E-state index in [0.29, 0.717) is 46.5 Å². The van der Waals surface area contributed by atoms with Crippen LogP contribution in [0.3, 0.4) is 0 Å². The normalized spacial score (nSPS) is 14.4. The minimum Gasteiger partial charge on any atom is -0.489 e. The van der Waals surface area contributed by atoms with Gasteiger partial charge in [0.15, 0.2) is 0 Å². The van der Waals surface area contributed by atoms with Gasteiger partial charge in [-0.05, 0) is 44.0 Å². The lowest BCUT2D eigenvalue weighted by atomic mass is 10.2. The molecule has 0 unspecified atom stereocenters. The van der Waals surface area contributed by atoms with Gasteiger partial charge in [0.1, 0.15) is 18.6 Å². The Balaban J connectivity index is 1.96. The lowest BCUT2D eigenvalue weighted by Gasteiger charge is -2.16. The fraction of sp³-hybridized carbons (Fsp3) is 0.333. The smallest absolute Gasteiger partial charge is 0.317 e. The SMILES string of the molecule is O=Cc1cc(Br)c(OCCN2CCNC2=O)c(Br)c1. The van der Waals surface area contributed by atoms with Crippen LogP contribution in [-0.4, -0.2) is 43.5 Å². The van der Waals surface area contributed by atoms with E-state index >= 15 is 0 Å². The van der Waals surface area contributed by atoms with Crippen LogP contribution in [0, 0.1) is 0 Å². The maximum Gasteiger partial charge on any atom is 0.317 e. The molecule has 1 aromatic carbocycles. The van der Waals surface area contributed by atoms with E-state index in [0.717, 1.165) is 6.29 Å². The molecule has 1 saturated heterocycles. The number of benzene rings is 1. The average Bonchev–Trinajstić information content (AvgIpc) is 2.78. The zero-order chi connectivity index (χ0) is 13.8. The monoisotopic (exact) mass is 390 g/mol. The molecular formula is C12H12Br2N2O3. The Morgan fingerprint density at radius 1 is 1.37 bits per heavy atom. The van der Waals surface area contributed by atoms with Crippen LogP contribution >= 0.6 is 31.9 Å². The summed E-state index contributed by atoms with van der Waals surface area (Å²) < 4.78 is 7.05. The molecule has 0 aliphatic carbocycles. The summed E-state index contributed by atoms with van der Waals surface area (Å²) in [6.45, 7) is 2.31. The van der Waals surface area contributed by atoms with Crippen LogP contribution in [-0.2, 0) is 0 Å². The van der Waals surface area contributed by atoms with Gasteiger partial charge >= 0.3 is 6.03 Å². The first kappa shape index (κ1) is 14.3. The van der Waals surface area contributed by atoms with E-state index in [1.165, 1.54) is 0 Å². The van der Waals surface area contributed by atoms with Crippen molar-refractivity contribution in [3.8, 4) is 5.75 Å². The van der Waals surface area contributed by atoms with Crippen LogP contribution in [0.2, 0.25) is 0 Å². The van der Waals surface area contributed by atoms with Gasteiger partial charge in [0.2, 0.25) is 0 Å². The number of ether oxygens (including phenoxy) is 1. The van der Waals surface area contributed by atoms with Crippen molar-refractivity contribution >= 4 is 44.2 Å². The number of hydrogen-bond acceptors (Lipinski definition) is 3. The van der Waals surface area contributed by atoms with Crippen molar-refractivity contribution in [2.75, 3.05) is 26.2 Å². The van der Waals surface area contributed by atoms with Crippen LogP contribution in [0.4, 0.5) is 4.79 Å². The summed E-state index contributed by atoms with van der Waals surface area (Å²) in [6, 6.07) is 3.32. The van der Waals surface area contributed by atoms with E-state index < -0.39 is 0 Å². The van der Waals surface area contributed by atoms with Crippen molar-refractivity contribution in [3.05, 3.63) is 26.6 Å². The van der Waals surface area contributed by atoms with Gasteiger partial charge in [-0.1, -0.05) is 0 Å². The average molecular weight is 392 g/mol. The Kier molecular flexibility index (Phi) is 4.81. The Morgan fingerprint density at radius 3 is 2.58 bits per heavy atom. The molecular weight excluding hydrogens is 380 g/mol. The number of nitrogens with zero attached hydrogens (tertiary/aromatic N) is 1. The van der Waals surface area contributed by atoms with Gasteiger partial charge in [-0.3, -0.25) is 4.79 Å². The number of halogens is 2. The summed E-state index contributed by atoms with van der Waals surface area (Å²) in [5.74, 6) is 0.630. The van der Waals surface area contributed by atoms with Crippen molar-refractivity contribution in [2.45, 2.75) is 0 Å². The second-order valence-electron chi connectivity index (χ2n) is 4.00. The number of nitrogens with one attached hydrogen (secondary N) is 1. The largest absolute Gasteiger partial charge is 0.489 e. The molecule has 0 saturated carbocycles. The highest BCUT2D eigenvalue weighted by atomic mass is 79.9. The van der Waals surface area contributed by atoms with Gasteiger partial charge in [-0.2, -0.15) is 0 Å². The third-order valence-corrected chi connectivity index (χ3v) is 3.89. The van der Waals surface area contributed by atoms with Crippen LogP contribution in [0.15, 0.2) is 21.1 Å². The molecule has 1 fully saturated rings. The molecule has 0 aromatic heterocycles. The molecule has 5 nitrogen and oxygen atoms in total. The fourth-order valence-electron chi connectivity index (χ4n) is 1.77. The quantitative estimate of drug-likeness (QED) is 0.784. The van der Waals surface area contributed by atoms with Gasteiger partial charge in [0.05, 0.1) is 15.5 Å². The minimum atomic E-state index is -0.0574. The maximum atomic E-state index is 11.3. The molecule has 1 heterocycles. The third-order valence-electron chi connectivity index (χ3n) is 2.71. The van der Waals surface area contributed by atoms with Gasteiger partial charge in [-0.15, -0.1) is 0 Å². The molecule has 0 atom stereocenters. The summed E-state index contributed by atoms with van der Waals surface area (Å²) >= 11 is 6.72. The maximum absolute atomic E-state index is 11.3. The molecule has 102 valence electrons. The Labute approximate surface area is 127 Å². The van der Waals surface area contributed by atoms with Crippen LogP contribution < -0.4 is 10.1 Å². The topological polar surface area (TPSA) is 58.6 Å². The van der Waals surface area contributed by atoms with Crippen molar-refractivity contribution < 1.29 is 14.3 Å². The van der Waals surface area contributed by atoms with Crippen molar-refractivity contribution in [1.82, 2.24) is 10.2 Å². The third kappa shape index (κ3) is 3.48. The number of amides is 2. The van der Waals surface area contributed by atoms with Crippen molar-refractivity contribution in [1.29, 1.82) is 0 Å². The summed E-state index contributed by atoms with van der Waals surface area (Å²) in [5, 5.41) is 2.73. The number of hydrogen-bond donors (Lipinski definition) is 1.